The molecule has 2 nitrogen and oxygen atoms in total. The van der Waals surface area contributed by atoms with Crippen LogP contribution in [0.1, 0.15) is 12.0 Å². The van der Waals surface area contributed by atoms with Crippen molar-refractivity contribution in [3.05, 3.63) is 60.2 Å². The predicted octanol–water partition coefficient (Wildman–Crippen LogP) is 3.55. The maximum atomic E-state index is 5.62. The molecule has 19 heavy (non-hydrogen) atoms. The lowest BCUT2D eigenvalue weighted by atomic mass is 10.2. The number of ether oxygens (including phenoxy) is 1. The quantitative estimate of drug-likeness (QED) is 0.626. The van der Waals surface area contributed by atoms with Crippen LogP contribution in [0.15, 0.2) is 54.6 Å². The Morgan fingerprint density at radius 3 is 2.68 bits per heavy atom. The van der Waals surface area contributed by atoms with E-state index in [4.69, 9.17) is 11.2 Å². The number of nitrogens with one attached hydrogen (secondary N) is 1. The Bertz CT molecular complexity index is 543. The molecule has 0 spiro atoms. The highest BCUT2D eigenvalue weighted by Gasteiger charge is 1.94. The molecule has 0 heterocycles. The molecule has 2 aromatic carbocycles. The molecule has 0 aliphatic carbocycles. The zero-order valence-corrected chi connectivity index (χ0v) is 10.8. The minimum atomic E-state index is 0.700. The molecule has 0 amide bonds. The van der Waals surface area contributed by atoms with Crippen molar-refractivity contribution in [1.29, 1.82) is 0 Å². The summed E-state index contributed by atoms with van der Waals surface area (Å²) in [7, 11) is 0. The first-order chi connectivity index (χ1) is 9.38. The summed E-state index contributed by atoms with van der Waals surface area (Å²) in [5.41, 5.74) is 1.95. The number of benzene rings is 2. The molecule has 2 heteroatoms. The van der Waals surface area contributed by atoms with E-state index in [2.05, 4.69) is 11.2 Å². The van der Waals surface area contributed by atoms with Gasteiger partial charge in [-0.2, -0.15) is 0 Å². The summed E-state index contributed by atoms with van der Waals surface area (Å²) in [4.78, 5) is 0. The summed E-state index contributed by atoms with van der Waals surface area (Å²) in [5, 5.41) is 3.33. The van der Waals surface area contributed by atoms with Crippen molar-refractivity contribution in [2.45, 2.75) is 6.42 Å². The number of hydrogen-bond donors (Lipinski definition) is 1. The van der Waals surface area contributed by atoms with Gasteiger partial charge >= 0.3 is 0 Å². The van der Waals surface area contributed by atoms with E-state index in [1.807, 2.05) is 54.6 Å². The molecule has 0 fully saturated rings. The molecule has 0 aliphatic rings. The van der Waals surface area contributed by atoms with Crippen LogP contribution in [0.3, 0.4) is 0 Å². The average Bonchev–Trinajstić information content (AvgIpc) is 2.48. The molecule has 2 aromatic rings. The molecule has 1 N–H and O–H groups in total. The number of terminal acetylenes is 1. The van der Waals surface area contributed by atoms with E-state index in [0.29, 0.717) is 6.61 Å². The maximum absolute atomic E-state index is 5.62. The molecule has 0 unspecified atom stereocenters. The van der Waals surface area contributed by atoms with E-state index < -0.39 is 0 Å². The zero-order chi connectivity index (χ0) is 13.3. The number of para-hydroxylation sites is 1. The molecule has 96 valence electrons. The average molecular weight is 251 g/mol. The van der Waals surface area contributed by atoms with Crippen molar-refractivity contribution in [3.8, 4) is 18.1 Å². The first kappa shape index (κ1) is 13.0. The highest BCUT2D eigenvalue weighted by atomic mass is 16.5. The molecule has 0 saturated carbocycles. The second-order valence-corrected chi connectivity index (χ2v) is 4.17. The molecule has 0 atom stereocenters. The Morgan fingerprint density at radius 2 is 1.89 bits per heavy atom. The monoisotopic (exact) mass is 251 g/mol. The van der Waals surface area contributed by atoms with Crippen LogP contribution in [0, 0.1) is 12.3 Å². The molecule has 0 radical (unpaired) electrons. The lowest BCUT2D eigenvalue weighted by Crippen LogP contribution is -2.07. The fraction of sp³-hybridized carbons (Fsp3) is 0.176. The summed E-state index contributed by atoms with van der Waals surface area (Å²) in [6.45, 7) is 1.56. The third kappa shape index (κ3) is 4.40. The number of hydrogen-bond acceptors (Lipinski definition) is 2. The van der Waals surface area contributed by atoms with Gasteiger partial charge < -0.3 is 10.1 Å². The van der Waals surface area contributed by atoms with E-state index in [1.165, 1.54) is 0 Å². The summed E-state index contributed by atoms with van der Waals surface area (Å²) in [5.74, 6) is 3.54. The molecular weight excluding hydrogens is 234 g/mol. The van der Waals surface area contributed by atoms with Crippen LogP contribution in [-0.2, 0) is 0 Å². The second-order valence-electron chi connectivity index (χ2n) is 4.17. The van der Waals surface area contributed by atoms with Gasteiger partial charge in [-0.15, -0.1) is 6.42 Å². The normalized spacial score (nSPS) is 9.63. The van der Waals surface area contributed by atoms with E-state index in [9.17, 15) is 0 Å². The van der Waals surface area contributed by atoms with Crippen molar-refractivity contribution in [3.63, 3.8) is 0 Å². The van der Waals surface area contributed by atoms with Gasteiger partial charge in [-0.05, 0) is 36.8 Å². The Hall–Kier alpha value is -2.40. The van der Waals surface area contributed by atoms with Gasteiger partial charge in [0.2, 0.25) is 0 Å². The van der Waals surface area contributed by atoms with Gasteiger partial charge in [0.05, 0.1) is 6.61 Å². The molecule has 0 aromatic heterocycles. The van der Waals surface area contributed by atoms with Crippen LogP contribution in [0.2, 0.25) is 0 Å². The SMILES string of the molecule is C#Cc1cccc(NCCCOc2ccccc2)c1. The van der Waals surface area contributed by atoms with Crippen molar-refractivity contribution in [2.75, 3.05) is 18.5 Å². The van der Waals surface area contributed by atoms with Gasteiger partial charge in [0.25, 0.3) is 0 Å². The predicted molar refractivity (Wildman–Crippen MR) is 79.4 cm³/mol. The first-order valence-electron chi connectivity index (χ1n) is 6.37. The molecular formula is C17H17NO. The van der Waals surface area contributed by atoms with Crippen LogP contribution in [0.25, 0.3) is 0 Å². The Labute approximate surface area is 114 Å². The third-order valence-electron chi connectivity index (χ3n) is 2.69. The molecule has 2 rings (SSSR count). The minimum Gasteiger partial charge on any atom is -0.494 e. The minimum absolute atomic E-state index is 0.700. The van der Waals surface area contributed by atoms with E-state index in [1.54, 1.807) is 0 Å². The molecule has 0 aliphatic heterocycles. The summed E-state index contributed by atoms with van der Waals surface area (Å²) < 4.78 is 5.62. The fourth-order valence-corrected chi connectivity index (χ4v) is 1.73. The Kier molecular flexibility index (Phi) is 4.89. The van der Waals surface area contributed by atoms with Crippen LogP contribution in [0.5, 0.6) is 5.75 Å². The van der Waals surface area contributed by atoms with Crippen LogP contribution >= 0.6 is 0 Å². The molecule has 0 bridgehead atoms. The van der Waals surface area contributed by atoms with Crippen molar-refractivity contribution >= 4 is 5.69 Å². The largest absolute Gasteiger partial charge is 0.494 e. The lowest BCUT2D eigenvalue weighted by molar-refractivity contribution is 0.315. The van der Waals surface area contributed by atoms with E-state index in [-0.39, 0.29) is 0 Å². The maximum Gasteiger partial charge on any atom is 0.119 e. The van der Waals surface area contributed by atoms with Crippen molar-refractivity contribution in [2.24, 2.45) is 0 Å². The van der Waals surface area contributed by atoms with Gasteiger partial charge in [0.1, 0.15) is 5.75 Å². The highest BCUT2D eigenvalue weighted by molar-refractivity contribution is 5.49. The summed E-state index contributed by atoms with van der Waals surface area (Å²) in [6.07, 6.45) is 6.30. The van der Waals surface area contributed by atoms with Gasteiger partial charge in [-0.3, -0.25) is 0 Å². The lowest BCUT2D eigenvalue weighted by Gasteiger charge is -2.08. The van der Waals surface area contributed by atoms with Crippen LogP contribution < -0.4 is 10.1 Å². The number of rotatable bonds is 6. The van der Waals surface area contributed by atoms with E-state index in [0.717, 1.165) is 30.0 Å². The van der Waals surface area contributed by atoms with Crippen molar-refractivity contribution in [1.82, 2.24) is 0 Å². The van der Waals surface area contributed by atoms with Crippen molar-refractivity contribution < 1.29 is 4.74 Å². The van der Waals surface area contributed by atoms with Crippen LogP contribution in [0.4, 0.5) is 5.69 Å². The summed E-state index contributed by atoms with van der Waals surface area (Å²) in [6, 6.07) is 17.7. The zero-order valence-electron chi connectivity index (χ0n) is 10.8. The van der Waals surface area contributed by atoms with Gasteiger partial charge in [0.15, 0.2) is 0 Å². The standard InChI is InChI=1S/C17H17NO/c1-2-15-8-6-9-16(14-15)18-12-7-13-19-17-10-4-3-5-11-17/h1,3-6,8-11,14,18H,7,12-13H2. The van der Waals surface area contributed by atoms with Gasteiger partial charge in [-0.25, -0.2) is 0 Å². The Morgan fingerprint density at radius 1 is 1.05 bits per heavy atom. The fourth-order valence-electron chi connectivity index (χ4n) is 1.73. The smallest absolute Gasteiger partial charge is 0.119 e. The highest BCUT2D eigenvalue weighted by Crippen LogP contribution is 2.10. The van der Waals surface area contributed by atoms with Gasteiger partial charge in [-0.1, -0.05) is 30.2 Å². The first-order valence-corrected chi connectivity index (χ1v) is 6.37. The molecule has 0 saturated heterocycles. The number of anilines is 1. The topological polar surface area (TPSA) is 21.3 Å². The summed E-state index contributed by atoms with van der Waals surface area (Å²) >= 11 is 0. The van der Waals surface area contributed by atoms with Crippen LogP contribution in [-0.4, -0.2) is 13.2 Å². The van der Waals surface area contributed by atoms with Gasteiger partial charge in [0, 0.05) is 17.8 Å². The second kappa shape index (κ2) is 7.13. The van der Waals surface area contributed by atoms with E-state index >= 15 is 0 Å². The Balaban J connectivity index is 1.68. The third-order valence-corrected chi connectivity index (χ3v) is 2.69.